The molecule has 1 N–H and O–H groups in total. The zero-order chi connectivity index (χ0) is 19.2. The van der Waals surface area contributed by atoms with Crippen molar-refractivity contribution in [2.45, 2.75) is 25.8 Å². The highest BCUT2D eigenvalue weighted by molar-refractivity contribution is 5.91. The number of carbonyl (C=O) groups is 1. The molecule has 0 bridgehead atoms. The highest BCUT2D eigenvalue weighted by Crippen LogP contribution is 2.19. The van der Waals surface area contributed by atoms with Crippen LogP contribution in [-0.4, -0.2) is 29.6 Å². The minimum absolute atomic E-state index is 0.0597. The van der Waals surface area contributed by atoms with E-state index in [4.69, 9.17) is 0 Å². The average Bonchev–Trinajstić information content (AvgIpc) is 2.74. The van der Waals surface area contributed by atoms with E-state index in [0.717, 1.165) is 54.5 Å². The molecule has 1 aliphatic rings. The number of nitrogens with one attached hydrogen (secondary N) is 1. The third-order valence-electron chi connectivity index (χ3n) is 5.25. The van der Waals surface area contributed by atoms with Gasteiger partial charge in [0.25, 0.3) is 0 Å². The largest absolute Gasteiger partial charge is 0.298 e. The highest BCUT2D eigenvalue weighted by Gasteiger charge is 2.15. The molecule has 0 spiro atoms. The summed E-state index contributed by atoms with van der Waals surface area (Å²) < 4.78 is 0. The first-order valence-corrected chi connectivity index (χ1v) is 9.85. The van der Waals surface area contributed by atoms with E-state index in [1.165, 1.54) is 5.56 Å². The zero-order valence-electron chi connectivity index (χ0n) is 16.0. The molecule has 0 radical (unpaired) electrons. The van der Waals surface area contributed by atoms with Crippen LogP contribution in [0.15, 0.2) is 77.9 Å². The number of carbonyl (C=O) groups excluding carboxylic acids is 1. The van der Waals surface area contributed by atoms with Crippen molar-refractivity contribution >= 4 is 22.4 Å². The van der Waals surface area contributed by atoms with Gasteiger partial charge in [-0.15, -0.1) is 0 Å². The fraction of sp³-hybridized carbons (Fsp3) is 0.250. The van der Waals surface area contributed by atoms with Gasteiger partial charge in [0.1, 0.15) is 0 Å². The van der Waals surface area contributed by atoms with E-state index in [1.54, 1.807) is 0 Å². The molecule has 1 aliphatic heterocycles. The summed E-state index contributed by atoms with van der Waals surface area (Å²) in [4.78, 5) is 14.8. The smallest absolute Gasteiger partial charge is 0.244 e. The lowest BCUT2D eigenvalue weighted by Crippen LogP contribution is -2.34. The van der Waals surface area contributed by atoms with Crippen molar-refractivity contribution in [2.24, 2.45) is 5.10 Å². The first-order valence-electron chi connectivity index (χ1n) is 9.85. The summed E-state index contributed by atoms with van der Waals surface area (Å²) in [6, 6.07) is 24.8. The highest BCUT2D eigenvalue weighted by atomic mass is 16.2. The van der Waals surface area contributed by atoms with Gasteiger partial charge in [-0.1, -0.05) is 72.8 Å². The molecule has 1 fully saturated rings. The average molecular weight is 371 g/mol. The summed E-state index contributed by atoms with van der Waals surface area (Å²) in [5.41, 5.74) is 6.21. The number of fused-ring (bicyclic) bond motifs is 1. The van der Waals surface area contributed by atoms with Crippen LogP contribution in [0.2, 0.25) is 0 Å². The van der Waals surface area contributed by atoms with Crippen molar-refractivity contribution < 1.29 is 4.79 Å². The Morgan fingerprint density at radius 2 is 1.61 bits per heavy atom. The van der Waals surface area contributed by atoms with Crippen molar-refractivity contribution in [3.63, 3.8) is 0 Å². The Morgan fingerprint density at radius 3 is 2.43 bits per heavy atom. The van der Waals surface area contributed by atoms with Crippen molar-refractivity contribution in [1.82, 2.24) is 10.3 Å². The van der Waals surface area contributed by atoms with Gasteiger partial charge in [0.2, 0.25) is 5.91 Å². The lowest BCUT2D eigenvalue weighted by Gasteiger charge is -2.27. The predicted molar refractivity (Wildman–Crippen MR) is 114 cm³/mol. The Kier molecular flexibility index (Phi) is 5.78. The van der Waals surface area contributed by atoms with E-state index < -0.39 is 0 Å². The van der Waals surface area contributed by atoms with Crippen molar-refractivity contribution in [1.29, 1.82) is 0 Å². The fourth-order valence-corrected chi connectivity index (χ4v) is 3.72. The van der Waals surface area contributed by atoms with E-state index >= 15 is 0 Å². The van der Waals surface area contributed by atoms with E-state index in [0.29, 0.717) is 6.42 Å². The second kappa shape index (κ2) is 8.81. The summed E-state index contributed by atoms with van der Waals surface area (Å²) in [6.07, 6.45) is 2.15. The Bertz CT molecular complexity index is 966. The van der Waals surface area contributed by atoms with Crippen LogP contribution in [0, 0.1) is 0 Å². The molecule has 4 nitrogen and oxygen atoms in total. The molecule has 3 aromatic rings. The number of amides is 1. The van der Waals surface area contributed by atoms with E-state index in [2.05, 4.69) is 57.9 Å². The van der Waals surface area contributed by atoms with E-state index in [9.17, 15) is 4.79 Å². The number of nitrogens with zero attached hydrogens (tertiary/aromatic N) is 2. The molecule has 4 rings (SSSR count). The topological polar surface area (TPSA) is 44.7 Å². The second-order valence-electron chi connectivity index (χ2n) is 7.29. The Balaban J connectivity index is 1.29. The van der Waals surface area contributed by atoms with Crippen LogP contribution in [0.1, 0.15) is 24.0 Å². The first kappa shape index (κ1) is 18.4. The van der Waals surface area contributed by atoms with Gasteiger partial charge in [-0.2, -0.15) is 5.10 Å². The van der Waals surface area contributed by atoms with Crippen LogP contribution >= 0.6 is 0 Å². The van der Waals surface area contributed by atoms with Gasteiger partial charge >= 0.3 is 0 Å². The molecule has 4 heteroatoms. The maximum atomic E-state index is 12.4. The minimum atomic E-state index is -0.0597. The molecule has 0 saturated carbocycles. The lowest BCUT2D eigenvalue weighted by molar-refractivity contribution is -0.120. The van der Waals surface area contributed by atoms with Crippen LogP contribution in [0.25, 0.3) is 10.8 Å². The summed E-state index contributed by atoms with van der Waals surface area (Å²) in [5, 5.41) is 6.68. The van der Waals surface area contributed by atoms with Crippen molar-refractivity contribution in [3.8, 4) is 0 Å². The number of likely N-dealkylation sites (tertiary alicyclic amines) is 1. The molecule has 1 heterocycles. The van der Waals surface area contributed by atoms with Crippen LogP contribution in [0.5, 0.6) is 0 Å². The third-order valence-corrected chi connectivity index (χ3v) is 5.25. The quantitative estimate of drug-likeness (QED) is 0.685. The van der Waals surface area contributed by atoms with Gasteiger partial charge in [-0.05, 0) is 21.9 Å². The van der Waals surface area contributed by atoms with Gasteiger partial charge in [-0.3, -0.25) is 9.69 Å². The molecule has 1 saturated heterocycles. The SMILES string of the molecule is O=C(Cc1cccc2ccccc12)NN=C1CCN(Cc2ccccc2)CC1. The second-order valence-corrected chi connectivity index (χ2v) is 7.29. The maximum Gasteiger partial charge on any atom is 0.244 e. The summed E-state index contributed by atoms with van der Waals surface area (Å²) in [6.45, 7) is 2.93. The zero-order valence-corrected chi connectivity index (χ0v) is 16.0. The van der Waals surface area contributed by atoms with Crippen LogP contribution < -0.4 is 5.43 Å². The van der Waals surface area contributed by atoms with Crippen LogP contribution in [0.4, 0.5) is 0 Å². The molecular formula is C24H25N3O. The predicted octanol–water partition coefficient (Wildman–Crippen LogP) is 4.15. The molecule has 0 unspecified atom stereocenters. The number of hydrogen-bond acceptors (Lipinski definition) is 3. The summed E-state index contributed by atoms with van der Waals surface area (Å²) in [5.74, 6) is -0.0597. The van der Waals surface area contributed by atoms with Gasteiger partial charge < -0.3 is 0 Å². The van der Waals surface area contributed by atoms with Crippen molar-refractivity contribution in [2.75, 3.05) is 13.1 Å². The number of piperidine rings is 1. The van der Waals surface area contributed by atoms with E-state index in [-0.39, 0.29) is 5.91 Å². The number of hydrogen-bond donors (Lipinski definition) is 1. The van der Waals surface area contributed by atoms with Gasteiger partial charge in [-0.25, -0.2) is 5.43 Å². The first-order chi connectivity index (χ1) is 13.8. The Morgan fingerprint density at radius 1 is 0.893 bits per heavy atom. The van der Waals surface area contributed by atoms with Crippen molar-refractivity contribution in [3.05, 3.63) is 83.9 Å². The standard InChI is InChI=1S/C24H25N3O/c28-24(17-21-11-6-10-20-9-4-5-12-23(20)21)26-25-22-13-15-27(16-14-22)18-19-7-2-1-3-8-19/h1-12H,13-18H2,(H,26,28). The molecule has 0 aromatic heterocycles. The molecule has 28 heavy (non-hydrogen) atoms. The monoisotopic (exact) mass is 371 g/mol. The molecule has 0 atom stereocenters. The van der Waals surface area contributed by atoms with Gasteiger partial charge in [0.05, 0.1) is 6.42 Å². The Labute approximate surface area is 165 Å². The van der Waals surface area contributed by atoms with Gasteiger partial charge in [0, 0.05) is 38.2 Å². The summed E-state index contributed by atoms with van der Waals surface area (Å²) in [7, 11) is 0. The third kappa shape index (κ3) is 4.65. The maximum absolute atomic E-state index is 12.4. The molecular weight excluding hydrogens is 346 g/mol. The summed E-state index contributed by atoms with van der Waals surface area (Å²) >= 11 is 0. The minimum Gasteiger partial charge on any atom is -0.298 e. The number of hydrazone groups is 1. The van der Waals surface area contributed by atoms with Gasteiger partial charge in [0.15, 0.2) is 0 Å². The van der Waals surface area contributed by atoms with E-state index in [1.807, 2.05) is 30.3 Å². The lowest BCUT2D eigenvalue weighted by atomic mass is 10.0. The molecule has 3 aromatic carbocycles. The molecule has 142 valence electrons. The fourth-order valence-electron chi connectivity index (χ4n) is 3.72. The number of benzene rings is 3. The number of rotatable bonds is 5. The van der Waals surface area contributed by atoms with Crippen LogP contribution in [-0.2, 0) is 17.8 Å². The molecule has 1 amide bonds. The van der Waals surface area contributed by atoms with Crippen LogP contribution in [0.3, 0.4) is 0 Å². The normalized spacial score (nSPS) is 14.8. The molecule has 0 aliphatic carbocycles. The Hall–Kier alpha value is -2.98.